The lowest BCUT2D eigenvalue weighted by atomic mass is 10.0. The van der Waals surface area contributed by atoms with Crippen molar-refractivity contribution >= 4 is 6.29 Å². The average Bonchev–Trinajstić information content (AvgIpc) is 2.40. The molecule has 98 valence electrons. The van der Waals surface area contributed by atoms with E-state index in [-0.39, 0.29) is 5.83 Å². The molecule has 0 bridgehead atoms. The van der Waals surface area contributed by atoms with Crippen LogP contribution >= 0.6 is 0 Å². The molecule has 0 radical (unpaired) electrons. The Kier molecular flexibility index (Phi) is 8.37. The van der Waals surface area contributed by atoms with E-state index in [1.165, 1.54) is 13.0 Å². The number of nitrogens with zero attached hydrogens (tertiary/aromatic N) is 1. The summed E-state index contributed by atoms with van der Waals surface area (Å²) in [6, 6.07) is 1.65. The number of carbonyl (C=O) groups is 1. The highest BCUT2D eigenvalue weighted by molar-refractivity contribution is 5.77. The largest absolute Gasteiger partial charge is 0.298 e. The molecule has 0 atom stereocenters. The number of pyridine rings is 1. The van der Waals surface area contributed by atoms with Crippen LogP contribution in [0.4, 0.5) is 4.39 Å². The predicted molar refractivity (Wildman–Crippen MR) is 73.3 cm³/mol. The third-order valence-corrected chi connectivity index (χ3v) is 2.22. The summed E-state index contributed by atoms with van der Waals surface area (Å²) >= 11 is 0. The smallest absolute Gasteiger partial charge is 0.150 e. The molecule has 0 saturated carbocycles. The lowest BCUT2D eigenvalue weighted by Gasteiger charge is -2.04. The predicted octanol–water partition coefficient (Wildman–Crippen LogP) is 4.28. The highest BCUT2D eigenvalue weighted by Crippen LogP contribution is 2.13. The maximum atomic E-state index is 12.8. The number of allylic oxidation sites excluding steroid dienone is 4. The molecule has 0 aliphatic rings. The van der Waals surface area contributed by atoms with Crippen LogP contribution in [-0.2, 0) is 6.42 Å². The molecule has 0 fully saturated rings. The normalized spacial score (nSPS) is 11.6. The van der Waals surface area contributed by atoms with Crippen molar-refractivity contribution in [3.8, 4) is 0 Å². The van der Waals surface area contributed by atoms with E-state index in [4.69, 9.17) is 0 Å². The van der Waals surface area contributed by atoms with E-state index < -0.39 is 0 Å². The summed E-state index contributed by atoms with van der Waals surface area (Å²) < 4.78 is 12.8. The molecule has 0 aliphatic carbocycles. The van der Waals surface area contributed by atoms with Gasteiger partial charge in [0.05, 0.1) is 5.83 Å². The first-order valence-corrected chi connectivity index (χ1v) is 6.04. The molecule has 1 rings (SSSR count). The molecule has 1 aromatic rings. The fourth-order valence-electron chi connectivity index (χ4n) is 1.41. The molecule has 0 aliphatic heterocycles. The molecule has 0 aromatic carbocycles. The van der Waals surface area contributed by atoms with Crippen molar-refractivity contribution in [2.75, 3.05) is 0 Å². The second-order valence-electron chi connectivity index (χ2n) is 3.46. The van der Waals surface area contributed by atoms with E-state index in [2.05, 4.69) is 4.98 Å². The maximum Gasteiger partial charge on any atom is 0.150 e. The van der Waals surface area contributed by atoms with Gasteiger partial charge in [-0.05, 0) is 43.5 Å². The third kappa shape index (κ3) is 5.53. The van der Waals surface area contributed by atoms with Gasteiger partial charge in [-0.3, -0.25) is 9.78 Å². The zero-order valence-corrected chi connectivity index (χ0v) is 11.4. The summed E-state index contributed by atoms with van der Waals surface area (Å²) in [5.41, 5.74) is 2.23. The number of aldehydes is 1. The summed E-state index contributed by atoms with van der Waals surface area (Å²) in [6.45, 7) is 7.24. The standard InChI is InChI=1S/C13H14FNO.C2H6/c1-3-11(6-10(2)14)7-13-8-15-5-4-12(13)9-16;1-2/h3-6,8-9H,7H2,1-2H3;1-2H3/b10-6+,11-3+;. The van der Waals surface area contributed by atoms with Crippen LogP contribution in [0.5, 0.6) is 0 Å². The monoisotopic (exact) mass is 249 g/mol. The van der Waals surface area contributed by atoms with Crippen molar-refractivity contribution in [2.24, 2.45) is 0 Å². The van der Waals surface area contributed by atoms with Crippen LogP contribution in [0.25, 0.3) is 0 Å². The second-order valence-corrected chi connectivity index (χ2v) is 3.46. The van der Waals surface area contributed by atoms with E-state index in [1.807, 2.05) is 26.8 Å². The Morgan fingerprint density at radius 2 is 2.11 bits per heavy atom. The van der Waals surface area contributed by atoms with Crippen molar-refractivity contribution in [2.45, 2.75) is 34.1 Å². The van der Waals surface area contributed by atoms with E-state index in [0.29, 0.717) is 12.0 Å². The van der Waals surface area contributed by atoms with Gasteiger partial charge in [-0.15, -0.1) is 0 Å². The SMILES string of the molecule is C/C=C(\C=C(/C)F)Cc1cnccc1C=O.CC. The van der Waals surface area contributed by atoms with E-state index in [9.17, 15) is 9.18 Å². The zero-order chi connectivity index (χ0) is 14.0. The Hall–Kier alpha value is -1.77. The Morgan fingerprint density at radius 3 is 2.61 bits per heavy atom. The summed E-state index contributed by atoms with van der Waals surface area (Å²) in [5, 5.41) is 0. The van der Waals surface area contributed by atoms with Crippen molar-refractivity contribution in [3.05, 3.63) is 53.1 Å². The minimum absolute atomic E-state index is 0.246. The molecule has 0 amide bonds. The molecule has 0 spiro atoms. The fraction of sp³-hybridized carbons (Fsp3) is 0.333. The molecular weight excluding hydrogens is 229 g/mol. The van der Waals surface area contributed by atoms with Crippen molar-refractivity contribution in [1.82, 2.24) is 4.98 Å². The number of halogens is 1. The number of aromatic nitrogens is 1. The van der Waals surface area contributed by atoms with Gasteiger partial charge in [0.15, 0.2) is 0 Å². The summed E-state index contributed by atoms with van der Waals surface area (Å²) in [6.07, 6.45) is 7.79. The van der Waals surface area contributed by atoms with E-state index >= 15 is 0 Å². The van der Waals surface area contributed by atoms with Gasteiger partial charge in [-0.1, -0.05) is 19.9 Å². The number of hydrogen-bond donors (Lipinski definition) is 0. The molecule has 0 unspecified atom stereocenters. The van der Waals surface area contributed by atoms with Crippen LogP contribution in [-0.4, -0.2) is 11.3 Å². The summed E-state index contributed by atoms with van der Waals surface area (Å²) in [4.78, 5) is 14.7. The van der Waals surface area contributed by atoms with E-state index in [1.54, 1.807) is 18.5 Å². The maximum absolute atomic E-state index is 12.8. The minimum Gasteiger partial charge on any atom is -0.298 e. The van der Waals surface area contributed by atoms with Crippen molar-refractivity contribution in [1.29, 1.82) is 0 Å². The van der Waals surface area contributed by atoms with Gasteiger partial charge in [-0.25, -0.2) is 4.39 Å². The highest BCUT2D eigenvalue weighted by atomic mass is 19.1. The summed E-state index contributed by atoms with van der Waals surface area (Å²) in [5.74, 6) is -0.246. The molecule has 0 saturated heterocycles. The van der Waals surface area contributed by atoms with Crippen LogP contribution in [0.3, 0.4) is 0 Å². The first-order valence-electron chi connectivity index (χ1n) is 6.04. The Morgan fingerprint density at radius 1 is 1.44 bits per heavy atom. The van der Waals surface area contributed by atoms with Gasteiger partial charge < -0.3 is 0 Å². The Labute approximate surface area is 108 Å². The zero-order valence-electron chi connectivity index (χ0n) is 11.4. The van der Waals surface area contributed by atoms with Gasteiger partial charge in [0.25, 0.3) is 0 Å². The minimum atomic E-state index is -0.246. The Bertz CT molecular complexity index is 432. The van der Waals surface area contributed by atoms with Crippen LogP contribution in [0.2, 0.25) is 0 Å². The Balaban J connectivity index is 0.00000137. The fourth-order valence-corrected chi connectivity index (χ4v) is 1.41. The molecule has 0 N–H and O–H groups in total. The second kappa shape index (κ2) is 9.28. The molecule has 2 nitrogen and oxygen atoms in total. The number of carbonyl (C=O) groups excluding carboxylic acids is 1. The first kappa shape index (κ1) is 16.2. The van der Waals surface area contributed by atoms with Crippen LogP contribution < -0.4 is 0 Å². The molecule has 1 aromatic heterocycles. The molecule has 18 heavy (non-hydrogen) atoms. The van der Waals surface area contributed by atoms with Crippen molar-refractivity contribution in [3.63, 3.8) is 0 Å². The van der Waals surface area contributed by atoms with Gasteiger partial charge in [0, 0.05) is 18.0 Å². The third-order valence-electron chi connectivity index (χ3n) is 2.22. The van der Waals surface area contributed by atoms with Gasteiger partial charge in [-0.2, -0.15) is 0 Å². The van der Waals surface area contributed by atoms with Crippen LogP contribution in [0, 0.1) is 0 Å². The van der Waals surface area contributed by atoms with Gasteiger partial charge in [0.1, 0.15) is 6.29 Å². The van der Waals surface area contributed by atoms with Crippen LogP contribution in [0.1, 0.15) is 43.6 Å². The lowest BCUT2D eigenvalue weighted by molar-refractivity contribution is 0.112. The van der Waals surface area contributed by atoms with Gasteiger partial charge in [0.2, 0.25) is 0 Å². The van der Waals surface area contributed by atoms with Gasteiger partial charge >= 0.3 is 0 Å². The number of rotatable bonds is 4. The molecular formula is C15H20FNO. The van der Waals surface area contributed by atoms with Crippen molar-refractivity contribution < 1.29 is 9.18 Å². The van der Waals surface area contributed by atoms with E-state index in [0.717, 1.165) is 17.4 Å². The number of hydrogen-bond acceptors (Lipinski definition) is 2. The first-order chi connectivity index (χ1) is 8.67. The summed E-state index contributed by atoms with van der Waals surface area (Å²) in [7, 11) is 0. The molecule has 1 heterocycles. The topological polar surface area (TPSA) is 30.0 Å². The average molecular weight is 249 g/mol. The quantitative estimate of drug-likeness (QED) is 0.588. The van der Waals surface area contributed by atoms with Crippen LogP contribution in [0.15, 0.2) is 42.0 Å². The highest BCUT2D eigenvalue weighted by Gasteiger charge is 2.03. The lowest BCUT2D eigenvalue weighted by Crippen LogP contribution is -1.95. The molecule has 3 heteroatoms.